The molecule has 2 amide bonds. The highest BCUT2D eigenvalue weighted by atomic mass is 16.2. The third-order valence-corrected chi connectivity index (χ3v) is 4.39. The van der Waals surface area contributed by atoms with Gasteiger partial charge in [0.2, 0.25) is 5.91 Å². The fourth-order valence-corrected chi connectivity index (χ4v) is 3.11. The Morgan fingerprint density at radius 3 is 2.27 bits per heavy atom. The van der Waals surface area contributed by atoms with Crippen LogP contribution in [-0.2, 0) is 4.79 Å². The van der Waals surface area contributed by atoms with Crippen molar-refractivity contribution in [3.05, 3.63) is 48.3 Å². The number of pyridine rings is 1. The maximum Gasteiger partial charge on any atom is 0.274 e. The molecule has 0 spiro atoms. The van der Waals surface area contributed by atoms with Gasteiger partial charge in [-0.15, -0.1) is 0 Å². The number of anilines is 3. The van der Waals surface area contributed by atoms with Crippen LogP contribution in [0.5, 0.6) is 0 Å². The van der Waals surface area contributed by atoms with E-state index in [2.05, 4.69) is 20.5 Å². The lowest BCUT2D eigenvalue weighted by Gasteiger charge is -2.22. The van der Waals surface area contributed by atoms with E-state index in [0.29, 0.717) is 17.1 Å². The van der Waals surface area contributed by atoms with Crippen molar-refractivity contribution in [1.82, 2.24) is 4.98 Å². The highest BCUT2D eigenvalue weighted by Gasteiger charge is 2.12. The van der Waals surface area contributed by atoms with Crippen LogP contribution in [0.1, 0.15) is 43.1 Å². The smallest absolute Gasteiger partial charge is 0.274 e. The van der Waals surface area contributed by atoms with Gasteiger partial charge >= 0.3 is 0 Å². The lowest BCUT2D eigenvalue weighted by Crippen LogP contribution is -2.24. The van der Waals surface area contributed by atoms with Crippen molar-refractivity contribution in [2.45, 2.75) is 32.6 Å². The summed E-state index contributed by atoms with van der Waals surface area (Å²) >= 11 is 0. The normalized spacial score (nSPS) is 14.4. The Balaban J connectivity index is 1.65. The highest BCUT2D eigenvalue weighted by Crippen LogP contribution is 2.20. The minimum atomic E-state index is -0.271. The first-order valence-electron chi connectivity index (χ1n) is 9.02. The van der Waals surface area contributed by atoms with Crippen molar-refractivity contribution in [2.24, 2.45) is 0 Å². The summed E-state index contributed by atoms with van der Waals surface area (Å²) in [6, 6.07) is 10.7. The number of benzene rings is 1. The molecule has 1 saturated heterocycles. The molecule has 1 aromatic heterocycles. The van der Waals surface area contributed by atoms with Crippen LogP contribution in [0.15, 0.2) is 42.6 Å². The summed E-state index contributed by atoms with van der Waals surface area (Å²) in [5.41, 5.74) is 2.68. The average Bonchev–Trinajstić information content (AvgIpc) is 2.91. The van der Waals surface area contributed by atoms with Crippen LogP contribution in [0.2, 0.25) is 0 Å². The highest BCUT2D eigenvalue weighted by molar-refractivity contribution is 6.03. The molecule has 1 aromatic carbocycles. The Morgan fingerprint density at radius 2 is 1.65 bits per heavy atom. The number of hydrogen-bond acceptors (Lipinski definition) is 4. The van der Waals surface area contributed by atoms with Gasteiger partial charge in [-0.3, -0.25) is 9.59 Å². The molecule has 6 nitrogen and oxygen atoms in total. The minimum Gasteiger partial charge on any atom is -0.370 e. The average molecular weight is 352 g/mol. The zero-order valence-corrected chi connectivity index (χ0v) is 15.0. The van der Waals surface area contributed by atoms with Gasteiger partial charge in [-0.2, -0.15) is 0 Å². The second-order valence-corrected chi connectivity index (χ2v) is 6.52. The first-order chi connectivity index (χ1) is 12.6. The number of carbonyl (C=O) groups excluding carboxylic acids is 2. The molecular weight excluding hydrogens is 328 g/mol. The fraction of sp³-hybridized carbons (Fsp3) is 0.350. The Labute approximate surface area is 153 Å². The van der Waals surface area contributed by atoms with Crippen molar-refractivity contribution >= 4 is 28.9 Å². The quantitative estimate of drug-likeness (QED) is 0.880. The third kappa shape index (κ3) is 4.81. The molecule has 6 heteroatoms. The Hall–Kier alpha value is -2.89. The van der Waals surface area contributed by atoms with E-state index < -0.39 is 0 Å². The summed E-state index contributed by atoms with van der Waals surface area (Å²) in [6.45, 7) is 3.54. The zero-order chi connectivity index (χ0) is 18.4. The van der Waals surface area contributed by atoms with Gasteiger partial charge in [-0.25, -0.2) is 4.98 Å². The second-order valence-electron chi connectivity index (χ2n) is 6.52. The Bertz CT molecular complexity index is 766. The van der Waals surface area contributed by atoms with Crippen LogP contribution >= 0.6 is 0 Å². The molecule has 2 heterocycles. The minimum absolute atomic E-state index is 0.153. The molecular formula is C20H24N4O2. The van der Waals surface area contributed by atoms with Crippen molar-refractivity contribution < 1.29 is 9.59 Å². The van der Waals surface area contributed by atoms with E-state index in [1.807, 2.05) is 6.07 Å². The number of amides is 2. The molecule has 3 rings (SSSR count). The number of aromatic nitrogens is 1. The number of hydrogen-bond donors (Lipinski definition) is 2. The van der Waals surface area contributed by atoms with Crippen LogP contribution in [0.25, 0.3) is 0 Å². The summed E-state index contributed by atoms with van der Waals surface area (Å²) < 4.78 is 0. The van der Waals surface area contributed by atoms with Gasteiger partial charge in [0.25, 0.3) is 5.91 Å². The molecule has 2 aromatic rings. The standard InChI is InChI=1S/C20H24N4O2/c1-15(25)22-16-7-6-8-17(13-16)23-20(26)19-10-9-18(14-21-19)24-11-4-2-3-5-12-24/h6-10,13-14H,2-5,11-12H2,1H3,(H,22,25)(H,23,26). The first kappa shape index (κ1) is 17.9. The van der Waals surface area contributed by atoms with Crippen LogP contribution in [0, 0.1) is 0 Å². The van der Waals surface area contributed by atoms with Crippen LogP contribution in [-0.4, -0.2) is 29.9 Å². The van der Waals surface area contributed by atoms with E-state index in [-0.39, 0.29) is 11.8 Å². The first-order valence-corrected chi connectivity index (χ1v) is 9.02. The molecule has 1 aliphatic rings. The third-order valence-electron chi connectivity index (χ3n) is 4.39. The molecule has 0 atom stereocenters. The monoisotopic (exact) mass is 352 g/mol. The van der Waals surface area contributed by atoms with E-state index in [9.17, 15) is 9.59 Å². The van der Waals surface area contributed by atoms with E-state index in [0.717, 1.165) is 18.8 Å². The zero-order valence-electron chi connectivity index (χ0n) is 15.0. The molecule has 0 saturated carbocycles. The lowest BCUT2D eigenvalue weighted by atomic mass is 10.2. The van der Waals surface area contributed by atoms with Gasteiger partial charge in [-0.1, -0.05) is 18.9 Å². The maximum atomic E-state index is 12.4. The maximum absolute atomic E-state index is 12.4. The molecule has 2 N–H and O–H groups in total. The van der Waals surface area contributed by atoms with Crippen molar-refractivity contribution in [3.8, 4) is 0 Å². The van der Waals surface area contributed by atoms with E-state index in [4.69, 9.17) is 0 Å². The lowest BCUT2D eigenvalue weighted by molar-refractivity contribution is -0.114. The molecule has 26 heavy (non-hydrogen) atoms. The topological polar surface area (TPSA) is 74.3 Å². The van der Waals surface area contributed by atoms with Gasteiger partial charge in [0.05, 0.1) is 11.9 Å². The summed E-state index contributed by atoms with van der Waals surface area (Å²) in [5.74, 6) is -0.424. The summed E-state index contributed by atoms with van der Waals surface area (Å²) in [5, 5.41) is 5.51. The van der Waals surface area contributed by atoms with Gasteiger partial charge in [0.1, 0.15) is 5.69 Å². The van der Waals surface area contributed by atoms with E-state index >= 15 is 0 Å². The fourth-order valence-electron chi connectivity index (χ4n) is 3.11. The van der Waals surface area contributed by atoms with Crippen LogP contribution in [0.3, 0.4) is 0 Å². The molecule has 1 fully saturated rings. The van der Waals surface area contributed by atoms with Gasteiger partial charge in [-0.05, 0) is 43.2 Å². The van der Waals surface area contributed by atoms with Gasteiger partial charge in [0, 0.05) is 31.4 Å². The molecule has 0 radical (unpaired) electrons. The molecule has 0 bridgehead atoms. The van der Waals surface area contributed by atoms with Crippen molar-refractivity contribution in [1.29, 1.82) is 0 Å². The number of nitrogens with one attached hydrogen (secondary N) is 2. The van der Waals surface area contributed by atoms with Crippen LogP contribution < -0.4 is 15.5 Å². The van der Waals surface area contributed by atoms with Crippen LogP contribution in [0.4, 0.5) is 17.1 Å². The predicted molar refractivity (Wildman–Crippen MR) is 104 cm³/mol. The largest absolute Gasteiger partial charge is 0.370 e. The number of nitrogens with zero attached hydrogens (tertiary/aromatic N) is 2. The Morgan fingerprint density at radius 1 is 0.962 bits per heavy atom. The predicted octanol–water partition coefficient (Wildman–Crippen LogP) is 3.67. The molecule has 1 aliphatic heterocycles. The number of carbonyl (C=O) groups is 2. The van der Waals surface area contributed by atoms with E-state index in [1.165, 1.54) is 32.6 Å². The van der Waals surface area contributed by atoms with Crippen molar-refractivity contribution in [3.63, 3.8) is 0 Å². The molecule has 0 unspecified atom stereocenters. The van der Waals surface area contributed by atoms with Gasteiger partial charge < -0.3 is 15.5 Å². The molecule has 136 valence electrons. The van der Waals surface area contributed by atoms with E-state index in [1.54, 1.807) is 36.5 Å². The van der Waals surface area contributed by atoms with Crippen molar-refractivity contribution in [2.75, 3.05) is 28.6 Å². The Kier molecular flexibility index (Phi) is 5.84. The number of rotatable bonds is 4. The second kappa shape index (κ2) is 8.47. The summed E-state index contributed by atoms with van der Waals surface area (Å²) in [7, 11) is 0. The van der Waals surface area contributed by atoms with Gasteiger partial charge in [0.15, 0.2) is 0 Å². The molecule has 0 aliphatic carbocycles. The summed E-state index contributed by atoms with van der Waals surface area (Å²) in [6.07, 6.45) is 6.73. The summed E-state index contributed by atoms with van der Waals surface area (Å²) in [4.78, 5) is 30.2. The SMILES string of the molecule is CC(=O)Nc1cccc(NC(=O)c2ccc(N3CCCCCC3)cn2)c1.